The van der Waals surface area contributed by atoms with Crippen LogP contribution in [0.15, 0.2) is 53.4 Å². The van der Waals surface area contributed by atoms with E-state index in [4.69, 9.17) is 4.74 Å². The Morgan fingerprint density at radius 1 is 1.04 bits per heavy atom. The molecule has 1 amide bonds. The van der Waals surface area contributed by atoms with Gasteiger partial charge in [-0.05, 0) is 36.8 Å². The lowest BCUT2D eigenvalue weighted by Gasteiger charge is -2.34. The molecule has 0 spiro atoms. The molecule has 0 radical (unpaired) electrons. The molecule has 1 fully saturated rings. The van der Waals surface area contributed by atoms with Gasteiger partial charge in [0.05, 0.1) is 13.0 Å². The van der Waals surface area contributed by atoms with Crippen LogP contribution in [0.5, 0.6) is 5.75 Å². The maximum absolute atomic E-state index is 13.9. The number of piperazine rings is 1. The summed E-state index contributed by atoms with van der Waals surface area (Å²) in [5.41, 5.74) is 0.870. The van der Waals surface area contributed by atoms with E-state index >= 15 is 0 Å². The van der Waals surface area contributed by atoms with Crippen LogP contribution < -0.4 is 4.74 Å². The van der Waals surface area contributed by atoms with Crippen molar-refractivity contribution in [2.45, 2.75) is 18.2 Å². The number of rotatable bonds is 6. The molecular weight excluding hydrogens is 383 g/mol. The first kappa shape index (κ1) is 20.3. The second-order valence-electron chi connectivity index (χ2n) is 6.47. The predicted octanol–water partition coefficient (Wildman–Crippen LogP) is 2.30. The molecule has 2 aromatic rings. The highest BCUT2D eigenvalue weighted by Crippen LogP contribution is 2.21. The summed E-state index contributed by atoms with van der Waals surface area (Å²) < 4.78 is 45.8. The van der Waals surface area contributed by atoms with Gasteiger partial charge in [-0.2, -0.15) is 4.31 Å². The smallest absolute Gasteiger partial charge is 0.246 e. The molecule has 3 rings (SSSR count). The zero-order valence-electron chi connectivity index (χ0n) is 15.7. The van der Waals surface area contributed by atoms with Crippen LogP contribution in [0.3, 0.4) is 0 Å². The first-order valence-electron chi connectivity index (χ1n) is 9.16. The summed E-state index contributed by atoms with van der Waals surface area (Å²) >= 11 is 0. The lowest BCUT2D eigenvalue weighted by Crippen LogP contribution is -2.51. The Bertz CT molecular complexity index is 923. The van der Waals surface area contributed by atoms with Crippen LogP contribution in [0.4, 0.5) is 4.39 Å². The highest BCUT2D eigenvalue weighted by atomic mass is 32.2. The molecule has 1 aliphatic heterocycles. The predicted molar refractivity (Wildman–Crippen MR) is 103 cm³/mol. The highest BCUT2D eigenvalue weighted by Gasteiger charge is 2.31. The Labute approximate surface area is 164 Å². The molecule has 0 aromatic heterocycles. The molecule has 28 heavy (non-hydrogen) atoms. The Balaban J connectivity index is 1.59. The quantitative estimate of drug-likeness (QED) is 0.738. The molecule has 1 aliphatic rings. The molecule has 150 valence electrons. The molecular formula is C20H23FN2O4S. The lowest BCUT2D eigenvalue weighted by atomic mass is 10.1. The van der Waals surface area contributed by atoms with E-state index in [1.165, 1.54) is 22.5 Å². The average molecular weight is 406 g/mol. The monoisotopic (exact) mass is 406 g/mol. The number of carbonyl (C=O) groups is 1. The third-order valence-electron chi connectivity index (χ3n) is 4.64. The van der Waals surface area contributed by atoms with Crippen molar-refractivity contribution in [3.63, 3.8) is 0 Å². The first-order valence-corrected chi connectivity index (χ1v) is 10.6. The van der Waals surface area contributed by atoms with Crippen LogP contribution in [0.1, 0.15) is 12.5 Å². The summed E-state index contributed by atoms with van der Waals surface area (Å²) in [5, 5.41) is 0. The molecule has 0 bridgehead atoms. The molecule has 0 N–H and O–H groups in total. The van der Waals surface area contributed by atoms with Crippen molar-refractivity contribution < 1.29 is 22.3 Å². The minimum Gasteiger partial charge on any atom is -0.494 e. The van der Waals surface area contributed by atoms with Crippen LogP contribution in [0.2, 0.25) is 0 Å². The standard InChI is InChI=1S/C20H23FN2O4S/c1-2-27-17-9-7-16(8-10-17)15-20(24)22-11-13-23(14-12-22)28(25,26)19-6-4-3-5-18(19)21/h3-10H,2,11-15H2,1H3. The number of halogens is 1. The molecule has 0 atom stereocenters. The molecule has 1 saturated heterocycles. The maximum Gasteiger partial charge on any atom is 0.246 e. The van der Waals surface area contributed by atoms with Crippen molar-refractivity contribution in [1.29, 1.82) is 0 Å². The van der Waals surface area contributed by atoms with Gasteiger partial charge in [-0.15, -0.1) is 0 Å². The maximum atomic E-state index is 13.9. The van der Waals surface area contributed by atoms with Crippen LogP contribution in [0, 0.1) is 5.82 Å². The highest BCUT2D eigenvalue weighted by molar-refractivity contribution is 7.89. The van der Waals surface area contributed by atoms with Gasteiger partial charge in [-0.1, -0.05) is 24.3 Å². The van der Waals surface area contributed by atoms with Gasteiger partial charge in [0.25, 0.3) is 0 Å². The summed E-state index contributed by atoms with van der Waals surface area (Å²) in [6.45, 7) is 3.34. The Hall–Kier alpha value is -2.45. The Morgan fingerprint density at radius 3 is 2.29 bits per heavy atom. The molecule has 1 heterocycles. The molecule has 0 unspecified atom stereocenters. The number of hydrogen-bond acceptors (Lipinski definition) is 4. The number of hydrogen-bond donors (Lipinski definition) is 0. The summed E-state index contributed by atoms with van der Waals surface area (Å²) in [6.07, 6.45) is 0.243. The minimum absolute atomic E-state index is 0.0629. The zero-order valence-corrected chi connectivity index (χ0v) is 16.5. The van der Waals surface area contributed by atoms with Gasteiger partial charge in [-0.3, -0.25) is 4.79 Å². The van der Waals surface area contributed by atoms with E-state index < -0.39 is 15.8 Å². The third-order valence-corrected chi connectivity index (χ3v) is 6.57. The topological polar surface area (TPSA) is 66.9 Å². The van der Waals surface area contributed by atoms with E-state index in [0.717, 1.165) is 17.4 Å². The van der Waals surface area contributed by atoms with Crippen molar-refractivity contribution >= 4 is 15.9 Å². The Morgan fingerprint density at radius 2 is 1.68 bits per heavy atom. The van der Waals surface area contributed by atoms with Crippen molar-refractivity contribution in [1.82, 2.24) is 9.21 Å². The molecule has 6 nitrogen and oxygen atoms in total. The van der Waals surface area contributed by atoms with E-state index in [1.807, 2.05) is 31.2 Å². The van der Waals surface area contributed by atoms with Gasteiger partial charge >= 0.3 is 0 Å². The number of ether oxygens (including phenoxy) is 1. The first-order chi connectivity index (χ1) is 13.4. The van der Waals surface area contributed by atoms with Gasteiger partial charge < -0.3 is 9.64 Å². The van der Waals surface area contributed by atoms with Gasteiger partial charge in [-0.25, -0.2) is 12.8 Å². The number of sulfonamides is 1. The molecule has 0 saturated carbocycles. The van der Waals surface area contributed by atoms with E-state index in [-0.39, 0.29) is 43.4 Å². The van der Waals surface area contributed by atoms with Crippen molar-refractivity contribution in [2.24, 2.45) is 0 Å². The third kappa shape index (κ3) is 4.51. The number of nitrogens with zero attached hydrogens (tertiary/aromatic N) is 2. The largest absolute Gasteiger partial charge is 0.494 e. The van der Waals surface area contributed by atoms with Crippen LogP contribution in [0.25, 0.3) is 0 Å². The van der Waals surface area contributed by atoms with Crippen LogP contribution in [-0.2, 0) is 21.2 Å². The van der Waals surface area contributed by atoms with Crippen molar-refractivity contribution in [2.75, 3.05) is 32.8 Å². The minimum atomic E-state index is -3.90. The summed E-state index contributed by atoms with van der Waals surface area (Å²) in [5.74, 6) is -0.0748. The number of benzene rings is 2. The van der Waals surface area contributed by atoms with Crippen molar-refractivity contribution in [3.8, 4) is 5.75 Å². The van der Waals surface area contributed by atoms with Gasteiger partial charge in [0.15, 0.2) is 0 Å². The lowest BCUT2D eigenvalue weighted by molar-refractivity contribution is -0.131. The molecule has 0 aliphatic carbocycles. The van der Waals surface area contributed by atoms with E-state index in [2.05, 4.69) is 0 Å². The zero-order chi connectivity index (χ0) is 20.1. The SMILES string of the molecule is CCOc1ccc(CC(=O)N2CCN(S(=O)(=O)c3ccccc3F)CC2)cc1. The Kier molecular flexibility index (Phi) is 6.31. The van der Waals surface area contributed by atoms with Gasteiger partial charge in [0, 0.05) is 26.2 Å². The second-order valence-corrected chi connectivity index (χ2v) is 8.38. The summed E-state index contributed by atoms with van der Waals surface area (Å²) in [6, 6.07) is 12.7. The fourth-order valence-electron chi connectivity index (χ4n) is 3.13. The van der Waals surface area contributed by atoms with E-state index in [1.54, 1.807) is 4.90 Å². The fraction of sp³-hybridized carbons (Fsp3) is 0.350. The van der Waals surface area contributed by atoms with Gasteiger partial charge in [0.1, 0.15) is 16.5 Å². The van der Waals surface area contributed by atoms with Crippen molar-refractivity contribution in [3.05, 3.63) is 59.9 Å². The van der Waals surface area contributed by atoms with E-state index in [0.29, 0.717) is 6.61 Å². The molecule has 8 heteroatoms. The second kappa shape index (κ2) is 8.70. The number of amides is 1. The average Bonchev–Trinajstić information content (AvgIpc) is 2.70. The van der Waals surface area contributed by atoms with E-state index in [9.17, 15) is 17.6 Å². The summed E-state index contributed by atoms with van der Waals surface area (Å²) in [7, 11) is -3.90. The number of carbonyl (C=O) groups excluding carboxylic acids is 1. The van der Waals surface area contributed by atoms with Crippen LogP contribution in [-0.4, -0.2) is 56.3 Å². The van der Waals surface area contributed by atoms with Gasteiger partial charge in [0.2, 0.25) is 15.9 Å². The van der Waals surface area contributed by atoms with Crippen LogP contribution >= 0.6 is 0 Å². The normalized spacial score (nSPS) is 15.4. The fourth-order valence-corrected chi connectivity index (χ4v) is 4.61. The summed E-state index contributed by atoms with van der Waals surface area (Å²) in [4.78, 5) is 13.8. The molecule has 2 aromatic carbocycles.